The van der Waals surface area contributed by atoms with Crippen molar-refractivity contribution in [2.75, 3.05) is 7.11 Å². The number of esters is 1. The van der Waals surface area contributed by atoms with Crippen LogP contribution >= 0.6 is 0 Å². The van der Waals surface area contributed by atoms with E-state index in [0.29, 0.717) is 5.56 Å². The van der Waals surface area contributed by atoms with Crippen molar-refractivity contribution in [1.82, 2.24) is 0 Å². The monoisotopic (exact) mass is 288 g/mol. The van der Waals surface area contributed by atoms with Crippen LogP contribution in [0.25, 0.3) is 0 Å². The number of aryl methyl sites for hydroxylation is 2. The summed E-state index contributed by atoms with van der Waals surface area (Å²) in [6.07, 6.45) is 0. The van der Waals surface area contributed by atoms with Gasteiger partial charge >= 0.3 is 5.97 Å². The number of halogens is 1. The van der Waals surface area contributed by atoms with Crippen LogP contribution in [0.1, 0.15) is 27.0 Å². The third-order valence-electron chi connectivity index (χ3n) is 3.04. The molecule has 21 heavy (non-hydrogen) atoms. The van der Waals surface area contributed by atoms with E-state index in [1.165, 1.54) is 19.2 Å². The van der Waals surface area contributed by atoms with Gasteiger partial charge in [0.1, 0.15) is 18.2 Å². The van der Waals surface area contributed by atoms with Crippen LogP contribution in [0.2, 0.25) is 0 Å². The van der Waals surface area contributed by atoms with E-state index in [1.807, 2.05) is 26.0 Å². The quantitative estimate of drug-likeness (QED) is 0.803. The van der Waals surface area contributed by atoms with Crippen molar-refractivity contribution in [3.63, 3.8) is 0 Å². The van der Waals surface area contributed by atoms with Gasteiger partial charge in [0.25, 0.3) is 0 Å². The topological polar surface area (TPSA) is 35.5 Å². The van der Waals surface area contributed by atoms with Crippen LogP contribution in [-0.2, 0) is 11.3 Å². The first-order valence-corrected chi connectivity index (χ1v) is 6.57. The van der Waals surface area contributed by atoms with E-state index >= 15 is 0 Å². The summed E-state index contributed by atoms with van der Waals surface area (Å²) in [4.78, 5) is 11.3. The van der Waals surface area contributed by atoms with Gasteiger partial charge in [-0.3, -0.25) is 0 Å². The fourth-order valence-electron chi connectivity index (χ4n) is 2.11. The summed E-state index contributed by atoms with van der Waals surface area (Å²) in [6, 6.07) is 10.2. The Morgan fingerprint density at radius 1 is 1.10 bits per heavy atom. The highest BCUT2D eigenvalue weighted by Crippen LogP contribution is 2.18. The average molecular weight is 288 g/mol. The molecule has 0 amide bonds. The largest absolute Gasteiger partial charge is 0.489 e. The predicted molar refractivity (Wildman–Crippen MR) is 78.0 cm³/mol. The minimum Gasteiger partial charge on any atom is -0.489 e. The molecule has 0 unspecified atom stereocenters. The second-order valence-electron chi connectivity index (χ2n) is 4.92. The van der Waals surface area contributed by atoms with Crippen LogP contribution in [0.3, 0.4) is 0 Å². The Hall–Kier alpha value is -2.36. The lowest BCUT2D eigenvalue weighted by Crippen LogP contribution is -2.05. The molecule has 110 valence electrons. The maximum atomic E-state index is 13.8. The molecule has 2 aromatic rings. The van der Waals surface area contributed by atoms with Crippen LogP contribution < -0.4 is 4.74 Å². The van der Waals surface area contributed by atoms with Crippen molar-refractivity contribution in [3.05, 3.63) is 64.5 Å². The van der Waals surface area contributed by atoms with E-state index < -0.39 is 11.8 Å². The molecule has 0 radical (unpaired) electrons. The van der Waals surface area contributed by atoms with E-state index in [2.05, 4.69) is 10.8 Å². The SMILES string of the molecule is COC(=O)c1ccc(COc2cc(C)cc(C)c2)cc1F. The molecule has 0 saturated carbocycles. The number of benzene rings is 2. The Balaban J connectivity index is 2.10. The summed E-state index contributed by atoms with van der Waals surface area (Å²) in [5.74, 6) is -0.553. The predicted octanol–water partition coefficient (Wildman–Crippen LogP) is 3.81. The number of methoxy groups -OCH3 is 1. The molecule has 0 aliphatic rings. The number of carbonyl (C=O) groups is 1. The van der Waals surface area contributed by atoms with Gasteiger partial charge in [-0.15, -0.1) is 0 Å². The van der Waals surface area contributed by atoms with E-state index in [1.54, 1.807) is 6.07 Å². The third-order valence-corrected chi connectivity index (χ3v) is 3.04. The van der Waals surface area contributed by atoms with Crippen molar-refractivity contribution in [3.8, 4) is 5.75 Å². The smallest absolute Gasteiger partial charge is 0.340 e. The van der Waals surface area contributed by atoms with Gasteiger partial charge in [0, 0.05) is 0 Å². The zero-order valence-corrected chi connectivity index (χ0v) is 12.3. The van der Waals surface area contributed by atoms with Crippen molar-refractivity contribution in [2.45, 2.75) is 20.5 Å². The van der Waals surface area contributed by atoms with Gasteiger partial charge in [-0.05, 0) is 54.8 Å². The molecule has 0 spiro atoms. The molecule has 0 fully saturated rings. The Labute approximate surface area is 123 Å². The van der Waals surface area contributed by atoms with Gasteiger partial charge in [0.15, 0.2) is 0 Å². The molecule has 3 nitrogen and oxygen atoms in total. The van der Waals surface area contributed by atoms with Crippen LogP contribution in [0.15, 0.2) is 36.4 Å². The molecule has 0 atom stereocenters. The molecule has 0 saturated heterocycles. The molecule has 0 aliphatic heterocycles. The van der Waals surface area contributed by atoms with E-state index in [9.17, 15) is 9.18 Å². The summed E-state index contributed by atoms with van der Waals surface area (Å²) < 4.78 is 23.9. The molecular weight excluding hydrogens is 271 g/mol. The summed E-state index contributed by atoms with van der Waals surface area (Å²) in [7, 11) is 1.22. The Kier molecular flexibility index (Phi) is 4.58. The first-order chi connectivity index (χ1) is 9.99. The third kappa shape index (κ3) is 3.81. The van der Waals surface area contributed by atoms with E-state index in [4.69, 9.17) is 4.74 Å². The van der Waals surface area contributed by atoms with Gasteiger partial charge in [-0.1, -0.05) is 12.1 Å². The van der Waals surface area contributed by atoms with Crippen molar-refractivity contribution in [2.24, 2.45) is 0 Å². The fourth-order valence-corrected chi connectivity index (χ4v) is 2.11. The van der Waals surface area contributed by atoms with E-state index in [-0.39, 0.29) is 12.2 Å². The number of hydrogen-bond donors (Lipinski definition) is 0. The Morgan fingerprint density at radius 2 is 1.76 bits per heavy atom. The molecule has 2 aromatic carbocycles. The Bertz CT molecular complexity index is 645. The lowest BCUT2D eigenvalue weighted by molar-refractivity contribution is 0.0595. The van der Waals surface area contributed by atoms with Crippen molar-refractivity contribution >= 4 is 5.97 Å². The fraction of sp³-hybridized carbons (Fsp3) is 0.235. The average Bonchev–Trinajstić information content (AvgIpc) is 2.43. The van der Waals surface area contributed by atoms with Gasteiger partial charge in [-0.2, -0.15) is 0 Å². The minimum atomic E-state index is -0.686. The van der Waals surface area contributed by atoms with Gasteiger partial charge in [0.05, 0.1) is 12.7 Å². The minimum absolute atomic E-state index is 0.0762. The summed E-state index contributed by atoms with van der Waals surface area (Å²) in [5.41, 5.74) is 2.79. The van der Waals surface area contributed by atoms with Crippen LogP contribution in [0, 0.1) is 19.7 Å². The van der Waals surface area contributed by atoms with Gasteiger partial charge in [-0.25, -0.2) is 9.18 Å². The molecule has 0 aromatic heterocycles. The molecule has 2 rings (SSSR count). The van der Waals surface area contributed by atoms with E-state index in [0.717, 1.165) is 16.9 Å². The maximum absolute atomic E-state index is 13.8. The van der Waals surface area contributed by atoms with Crippen molar-refractivity contribution in [1.29, 1.82) is 0 Å². The van der Waals surface area contributed by atoms with Crippen LogP contribution in [-0.4, -0.2) is 13.1 Å². The lowest BCUT2D eigenvalue weighted by atomic mass is 10.1. The standard InChI is InChI=1S/C17H17FO3/c1-11-6-12(2)8-14(7-11)21-10-13-4-5-15(16(18)9-13)17(19)20-3/h4-9H,10H2,1-3H3. The Morgan fingerprint density at radius 3 is 2.33 bits per heavy atom. The molecule has 0 N–H and O–H groups in total. The lowest BCUT2D eigenvalue weighted by Gasteiger charge is -2.09. The molecular formula is C17H17FO3. The van der Waals surface area contributed by atoms with Crippen LogP contribution in [0.4, 0.5) is 4.39 Å². The molecule has 4 heteroatoms. The van der Waals surface area contributed by atoms with Crippen LogP contribution in [0.5, 0.6) is 5.75 Å². The normalized spacial score (nSPS) is 10.3. The summed E-state index contributed by atoms with van der Waals surface area (Å²) in [5, 5.41) is 0. The highest BCUT2D eigenvalue weighted by atomic mass is 19.1. The number of rotatable bonds is 4. The summed E-state index contributed by atoms with van der Waals surface area (Å²) in [6.45, 7) is 4.22. The number of hydrogen-bond acceptors (Lipinski definition) is 3. The number of ether oxygens (including phenoxy) is 2. The van der Waals surface area contributed by atoms with Gasteiger partial charge < -0.3 is 9.47 Å². The highest BCUT2D eigenvalue weighted by molar-refractivity contribution is 5.89. The van der Waals surface area contributed by atoms with Crippen molar-refractivity contribution < 1.29 is 18.7 Å². The zero-order chi connectivity index (χ0) is 15.4. The molecule has 0 heterocycles. The molecule has 0 aliphatic carbocycles. The molecule has 0 bridgehead atoms. The zero-order valence-electron chi connectivity index (χ0n) is 12.3. The summed E-state index contributed by atoms with van der Waals surface area (Å²) >= 11 is 0. The van der Waals surface area contributed by atoms with Gasteiger partial charge in [0.2, 0.25) is 0 Å². The second-order valence-corrected chi connectivity index (χ2v) is 4.92. The second kappa shape index (κ2) is 6.39. The first kappa shape index (κ1) is 15.0. The highest BCUT2D eigenvalue weighted by Gasteiger charge is 2.12. The number of carbonyl (C=O) groups excluding carboxylic acids is 1. The first-order valence-electron chi connectivity index (χ1n) is 6.57. The maximum Gasteiger partial charge on any atom is 0.340 e.